The van der Waals surface area contributed by atoms with Crippen LogP contribution in [0.5, 0.6) is 0 Å². The van der Waals surface area contributed by atoms with Crippen molar-refractivity contribution in [2.75, 3.05) is 6.54 Å². The molecule has 0 spiro atoms. The molecule has 1 amide bonds. The van der Waals surface area contributed by atoms with Crippen LogP contribution in [0.4, 0.5) is 0 Å². The molecule has 0 radical (unpaired) electrons. The molecule has 5 rings (SSSR count). The third-order valence-corrected chi connectivity index (χ3v) is 6.91. The van der Waals surface area contributed by atoms with Gasteiger partial charge in [-0.2, -0.15) is 0 Å². The summed E-state index contributed by atoms with van der Waals surface area (Å²) < 4.78 is 0. The number of halogens is 2. The molecule has 0 aliphatic carbocycles. The number of nitrogens with one attached hydrogen (secondary N) is 1. The van der Waals surface area contributed by atoms with Crippen LogP contribution in [0, 0.1) is 0 Å². The minimum Gasteiger partial charge on any atom is -0.331 e. The van der Waals surface area contributed by atoms with Gasteiger partial charge in [0.1, 0.15) is 0 Å². The number of carbonyl (C=O) groups is 1. The van der Waals surface area contributed by atoms with Crippen LogP contribution in [0.2, 0.25) is 10.0 Å². The molecular formula is C28H25Cl2N3O. The number of pyridine rings is 1. The molecule has 1 aliphatic heterocycles. The number of likely N-dealkylation sites (tertiary alicyclic amines) is 1. The average molecular weight is 490 g/mol. The Morgan fingerprint density at radius 1 is 0.971 bits per heavy atom. The summed E-state index contributed by atoms with van der Waals surface area (Å²) in [6.45, 7) is 1.41. The second-order valence-electron chi connectivity index (χ2n) is 8.67. The first-order chi connectivity index (χ1) is 16.6. The number of amides is 1. The summed E-state index contributed by atoms with van der Waals surface area (Å²) in [5.74, 6) is -0.0446. The van der Waals surface area contributed by atoms with E-state index in [2.05, 4.69) is 34.6 Å². The number of hydrogen-bond donors (Lipinski definition) is 1. The second-order valence-corrected chi connectivity index (χ2v) is 9.55. The van der Waals surface area contributed by atoms with Gasteiger partial charge in [0.05, 0.1) is 11.6 Å². The quantitative estimate of drug-likeness (QED) is 0.340. The first kappa shape index (κ1) is 22.9. The third kappa shape index (κ3) is 4.95. The number of para-hydroxylation sites is 1. The molecule has 2 atom stereocenters. The van der Waals surface area contributed by atoms with Gasteiger partial charge in [-0.15, -0.1) is 0 Å². The summed E-state index contributed by atoms with van der Waals surface area (Å²) in [5, 5.41) is 5.84. The maximum Gasteiger partial charge on any atom is 0.254 e. The molecule has 0 unspecified atom stereocenters. The summed E-state index contributed by atoms with van der Waals surface area (Å²) in [4.78, 5) is 19.9. The van der Waals surface area contributed by atoms with E-state index < -0.39 is 0 Å². The highest BCUT2D eigenvalue weighted by Crippen LogP contribution is 2.33. The second kappa shape index (κ2) is 10.1. The van der Waals surface area contributed by atoms with Crippen molar-refractivity contribution in [1.82, 2.24) is 15.2 Å². The number of benzene rings is 3. The van der Waals surface area contributed by atoms with E-state index in [1.807, 2.05) is 47.5 Å². The van der Waals surface area contributed by atoms with E-state index in [0.717, 1.165) is 30.5 Å². The van der Waals surface area contributed by atoms with E-state index in [1.54, 1.807) is 18.2 Å². The van der Waals surface area contributed by atoms with Crippen LogP contribution in [0.3, 0.4) is 0 Å². The lowest BCUT2D eigenvalue weighted by Gasteiger charge is -2.40. The SMILES string of the molecule is O=C(c1cc(Cl)cc(Cl)c1)N1CC[C@H](NCc2ccnc3ccccc23)C[C@@H]1c1ccccc1. The Kier molecular flexibility index (Phi) is 6.82. The molecule has 0 bridgehead atoms. The van der Waals surface area contributed by atoms with Gasteiger partial charge in [0, 0.05) is 46.3 Å². The summed E-state index contributed by atoms with van der Waals surface area (Å²) in [6.07, 6.45) is 3.56. The first-order valence-corrected chi connectivity index (χ1v) is 12.2. The molecule has 6 heteroatoms. The topological polar surface area (TPSA) is 45.2 Å². The minimum absolute atomic E-state index is 0.0353. The highest BCUT2D eigenvalue weighted by Gasteiger charge is 2.33. The van der Waals surface area contributed by atoms with Crippen molar-refractivity contribution in [3.05, 3.63) is 112 Å². The van der Waals surface area contributed by atoms with Crippen LogP contribution in [0.1, 0.15) is 40.4 Å². The number of rotatable bonds is 5. The highest BCUT2D eigenvalue weighted by atomic mass is 35.5. The fraction of sp³-hybridized carbons (Fsp3) is 0.214. The maximum atomic E-state index is 13.5. The maximum absolute atomic E-state index is 13.5. The number of carbonyl (C=O) groups excluding carboxylic acids is 1. The summed E-state index contributed by atoms with van der Waals surface area (Å²) in [6, 6.07) is 25.8. The predicted octanol–water partition coefficient (Wildman–Crippen LogP) is 6.68. The van der Waals surface area contributed by atoms with Crippen LogP contribution >= 0.6 is 23.2 Å². The number of piperidine rings is 1. The molecule has 1 fully saturated rings. The monoisotopic (exact) mass is 489 g/mol. The molecule has 172 valence electrons. The van der Waals surface area contributed by atoms with Crippen LogP contribution in [-0.4, -0.2) is 28.4 Å². The Hall–Kier alpha value is -2.92. The Balaban J connectivity index is 1.36. The highest BCUT2D eigenvalue weighted by molar-refractivity contribution is 6.35. The van der Waals surface area contributed by atoms with Crippen LogP contribution in [0.15, 0.2) is 85.1 Å². The van der Waals surface area contributed by atoms with Gasteiger partial charge in [-0.05, 0) is 54.3 Å². The summed E-state index contributed by atoms with van der Waals surface area (Å²) >= 11 is 12.4. The van der Waals surface area contributed by atoms with Gasteiger partial charge in [0.2, 0.25) is 0 Å². The number of aromatic nitrogens is 1. The molecule has 1 aliphatic rings. The van der Waals surface area contributed by atoms with Crippen molar-refractivity contribution in [2.45, 2.75) is 31.5 Å². The smallest absolute Gasteiger partial charge is 0.254 e. The third-order valence-electron chi connectivity index (χ3n) is 6.48. The summed E-state index contributed by atoms with van der Waals surface area (Å²) in [5.41, 5.74) is 3.89. The van der Waals surface area contributed by atoms with E-state index in [0.29, 0.717) is 22.2 Å². The van der Waals surface area contributed by atoms with Crippen molar-refractivity contribution < 1.29 is 4.79 Å². The van der Waals surface area contributed by atoms with Gasteiger partial charge in [-0.1, -0.05) is 71.7 Å². The zero-order valence-electron chi connectivity index (χ0n) is 18.6. The molecule has 3 aromatic carbocycles. The van der Waals surface area contributed by atoms with E-state index in [9.17, 15) is 4.79 Å². The molecule has 0 saturated carbocycles. The summed E-state index contributed by atoms with van der Waals surface area (Å²) in [7, 11) is 0. The standard InChI is InChI=1S/C28H25Cl2N3O/c29-22-14-21(15-23(30)16-22)28(34)33-13-11-24(17-27(33)19-6-2-1-3-7-19)32-18-20-10-12-31-26-9-5-4-8-25(20)26/h1-10,12,14-16,24,27,32H,11,13,17-18H2/t24-,27+/m0/s1. The Bertz CT molecular complexity index is 1290. The van der Waals surface area contributed by atoms with Gasteiger partial charge >= 0.3 is 0 Å². The fourth-order valence-corrected chi connectivity index (χ4v) is 5.32. The van der Waals surface area contributed by atoms with Crippen LogP contribution in [-0.2, 0) is 6.54 Å². The lowest BCUT2D eigenvalue weighted by atomic mass is 9.90. The largest absolute Gasteiger partial charge is 0.331 e. The van der Waals surface area contributed by atoms with E-state index in [-0.39, 0.29) is 18.0 Å². The number of nitrogens with zero attached hydrogens (tertiary/aromatic N) is 2. The Morgan fingerprint density at radius 2 is 1.71 bits per heavy atom. The normalized spacial score (nSPS) is 18.2. The van der Waals surface area contributed by atoms with Crippen molar-refractivity contribution in [1.29, 1.82) is 0 Å². The fourth-order valence-electron chi connectivity index (χ4n) is 4.79. The Morgan fingerprint density at radius 3 is 2.50 bits per heavy atom. The van der Waals surface area contributed by atoms with E-state index >= 15 is 0 Å². The number of hydrogen-bond acceptors (Lipinski definition) is 3. The molecule has 1 saturated heterocycles. The predicted molar refractivity (Wildman–Crippen MR) is 138 cm³/mol. The molecule has 34 heavy (non-hydrogen) atoms. The molecule has 2 heterocycles. The van der Waals surface area contributed by atoms with Crippen molar-refractivity contribution in [3.8, 4) is 0 Å². The van der Waals surface area contributed by atoms with Crippen LogP contribution < -0.4 is 5.32 Å². The van der Waals surface area contributed by atoms with E-state index in [4.69, 9.17) is 23.2 Å². The van der Waals surface area contributed by atoms with Crippen LogP contribution in [0.25, 0.3) is 10.9 Å². The molecule has 4 nitrogen and oxygen atoms in total. The zero-order chi connectivity index (χ0) is 23.5. The van der Waals surface area contributed by atoms with Crippen molar-refractivity contribution in [3.63, 3.8) is 0 Å². The average Bonchev–Trinajstić information content (AvgIpc) is 2.87. The first-order valence-electron chi connectivity index (χ1n) is 11.5. The number of fused-ring (bicyclic) bond motifs is 1. The van der Waals surface area contributed by atoms with Gasteiger partial charge in [0.25, 0.3) is 5.91 Å². The van der Waals surface area contributed by atoms with Gasteiger partial charge in [-0.25, -0.2) is 0 Å². The lowest BCUT2D eigenvalue weighted by molar-refractivity contribution is 0.0574. The lowest BCUT2D eigenvalue weighted by Crippen LogP contribution is -2.46. The van der Waals surface area contributed by atoms with Gasteiger partial charge in [0.15, 0.2) is 0 Å². The van der Waals surface area contributed by atoms with Crippen molar-refractivity contribution in [2.24, 2.45) is 0 Å². The van der Waals surface area contributed by atoms with E-state index in [1.165, 1.54) is 10.9 Å². The molecule has 4 aromatic rings. The molecule has 1 N–H and O–H groups in total. The molecule has 1 aromatic heterocycles. The molecular weight excluding hydrogens is 465 g/mol. The minimum atomic E-state index is -0.0446. The zero-order valence-corrected chi connectivity index (χ0v) is 20.1. The van der Waals surface area contributed by atoms with Gasteiger partial charge in [-0.3, -0.25) is 9.78 Å². The van der Waals surface area contributed by atoms with Crippen molar-refractivity contribution >= 4 is 40.0 Å². The Labute approximate surface area is 209 Å². The van der Waals surface area contributed by atoms with Gasteiger partial charge < -0.3 is 10.2 Å².